The molecular weight excluding hydrogens is 590 g/mol. The summed E-state index contributed by atoms with van der Waals surface area (Å²) in [7, 11) is 1.76. The summed E-state index contributed by atoms with van der Waals surface area (Å²) in [6, 6.07) is -3.85. The van der Waals surface area contributed by atoms with E-state index in [1.54, 1.807) is 16.8 Å². The van der Waals surface area contributed by atoms with Gasteiger partial charge in [0.25, 0.3) is 5.91 Å². The molecule has 2 aliphatic rings. The molecule has 2 fully saturated rings. The van der Waals surface area contributed by atoms with Gasteiger partial charge in [-0.15, -0.1) is 6.58 Å². The van der Waals surface area contributed by atoms with Gasteiger partial charge < -0.3 is 36.0 Å². The van der Waals surface area contributed by atoms with E-state index in [0.29, 0.717) is 51.9 Å². The first-order valence-electron chi connectivity index (χ1n) is 16.5. The van der Waals surface area contributed by atoms with Crippen LogP contribution in [0.25, 0.3) is 0 Å². The van der Waals surface area contributed by atoms with Gasteiger partial charge in [-0.05, 0) is 36.5 Å². The molecule has 260 valence electrons. The molecule has 0 aromatic rings. The van der Waals surface area contributed by atoms with Crippen molar-refractivity contribution in [1.29, 1.82) is 0 Å². The number of amides is 7. The summed E-state index contributed by atoms with van der Waals surface area (Å²) < 4.78 is 0. The Morgan fingerprint density at radius 3 is 2.22 bits per heavy atom. The van der Waals surface area contributed by atoms with Crippen LogP contribution in [0.3, 0.4) is 0 Å². The minimum absolute atomic E-state index is 0.0835. The number of carbonyl (C=O) groups is 6. The van der Waals surface area contributed by atoms with Crippen molar-refractivity contribution >= 4 is 35.6 Å². The van der Waals surface area contributed by atoms with E-state index in [1.165, 1.54) is 11.0 Å². The van der Waals surface area contributed by atoms with Crippen molar-refractivity contribution in [3.63, 3.8) is 0 Å². The zero-order chi connectivity index (χ0) is 34.8. The van der Waals surface area contributed by atoms with Crippen molar-refractivity contribution < 1.29 is 28.8 Å². The largest absolute Gasteiger partial charge is 0.346 e. The first-order valence-corrected chi connectivity index (χ1v) is 16.5. The van der Waals surface area contributed by atoms with Crippen LogP contribution in [0.15, 0.2) is 12.7 Å². The maximum Gasteiger partial charge on any atom is 0.319 e. The third kappa shape index (κ3) is 10.7. The van der Waals surface area contributed by atoms with Crippen LogP contribution in [0.1, 0.15) is 87.0 Å². The Bertz CT molecular complexity index is 1130. The van der Waals surface area contributed by atoms with E-state index in [0.717, 1.165) is 12.8 Å². The average molecular weight is 648 g/mol. The molecule has 4 atom stereocenters. The SMILES string of the molecule is C=CCNC(=O)C(=O)C(CCCC)NC(=O)[C@@H]1CCCN1C(=O)[C@@H](NC(=O)N[C@H](CN1CCCN(C)C1=O)C(C)(C)C)C(C)(C)C. The fraction of sp³-hybridized carbons (Fsp3) is 0.758. The maximum absolute atomic E-state index is 14.0. The molecule has 7 amide bonds. The van der Waals surface area contributed by atoms with Crippen molar-refractivity contribution in [3.05, 3.63) is 12.7 Å². The van der Waals surface area contributed by atoms with Crippen LogP contribution >= 0.6 is 0 Å². The van der Waals surface area contributed by atoms with Gasteiger partial charge in [-0.3, -0.25) is 19.2 Å². The quantitative estimate of drug-likeness (QED) is 0.167. The van der Waals surface area contributed by atoms with Crippen LogP contribution in [0.2, 0.25) is 0 Å². The van der Waals surface area contributed by atoms with Gasteiger partial charge in [-0.25, -0.2) is 9.59 Å². The number of nitrogens with one attached hydrogen (secondary N) is 4. The topological polar surface area (TPSA) is 160 Å². The molecule has 1 unspecified atom stereocenters. The highest BCUT2D eigenvalue weighted by molar-refractivity contribution is 6.38. The monoisotopic (exact) mass is 647 g/mol. The molecule has 2 rings (SSSR count). The lowest BCUT2D eigenvalue weighted by Gasteiger charge is -2.40. The Morgan fingerprint density at radius 2 is 1.63 bits per heavy atom. The lowest BCUT2D eigenvalue weighted by Crippen LogP contribution is -2.62. The van der Waals surface area contributed by atoms with Crippen LogP contribution in [0, 0.1) is 10.8 Å². The van der Waals surface area contributed by atoms with E-state index in [4.69, 9.17) is 0 Å². The molecule has 0 saturated carbocycles. The van der Waals surface area contributed by atoms with E-state index in [1.807, 2.05) is 48.5 Å². The molecule has 0 radical (unpaired) electrons. The Hall–Kier alpha value is -3.64. The Kier molecular flexibility index (Phi) is 14.1. The summed E-state index contributed by atoms with van der Waals surface area (Å²) in [6.07, 6.45) is 4.96. The summed E-state index contributed by atoms with van der Waals surface area (Å²) >= 11 is 0. The number of urea groups is 2. The predicted molar refractivity (Wildman–Crippen MR) is 177 cm³/mol. The number of rotatable bonds is 14. The highest BCUT2D eigenvalue weighted by Crippen LogP contribution is 2.27. The molecule has 0 spiro atoms. The standard InChI is InChI=1S/C33H57N7O6/c1-10-12-15-22(25(41)28(43)34-17-11-2)35-27(42)23-16-13-20-40(23)29(44)26(33(6,7)8)37-30(45)36-24(32(3,4)5)21-39-19-14-18-38(9)31(39)46/h11,22-24,26H,2,10,12-21H2,1,3-9H3,(H,34,43)(H,35,42)(H2,36,37,45)/t22?,23-,24+,26+/m0/s1. The number of hydrogen-bond acceptors (Lipinski definition) is 6. The normalized spacial score (nSPS) is 19.2. The van der Waals surface area contributed by atoms with Crippen molar-refractivity contribution in [2.45, 2.75) is 111 Å². The third-order valence-electron chi connectivity index (χ3n) is 8.61. The zero-order valence-electron chi connectivity index (χ0n) is 29.2. The smallest absolute Gasteiger partial charge is 0.319 e. The summed E-state index contributed by atoms with van der Waals surface area (Å²) in [5, 5.41) is 11.1. The van der Waals surface area contributed by atoms with Gasteiger partial charge in [0.05, 0.1) is 12.1 Å². The molecular formula is C33H57N7O6. The van der Waals surface area contributed by atoms with Gasteiger partial charge in [0, 0.05) is 39.8 Å². The number of Topliss-reactive ketones (excluding diaryl/α,β-unsaturated/α-hetero) is 1. The Labute approximate surface area is 274 Å². The number of nitrogens with zero attached hydrogens (tertiary/aromatic N) is 3. The van der Waals surface area contributed by atoms with Crippen molar-refractivity contribution in [2.24, 2.45) is 10.8 Å². The minimum Gasteiger partial charge on any atom is -0.346 e. The van der Waals surface area contributed by atoms with Crippen LogP contribution in [-0.2, 0) is 19.2 Å². The van der Waals surface area contributed by atoms with E-state index < -0.39 is 59.1 Å². The summed E-state index contributed by atoms with van der Waals surface area (Å²) in [4.78, 5) is 83.9. The Balaban J connectivity index is 2.19. The number of ketones is 1. The highest BCUT2D eigenvalue weighted by atomic mass is 16.2. The molecule has 46 heavy (non-hydrogen) atoms. The van der Waals surface area contributed by atoms with Gasteiger partial charge in [-0.1, -0.05) is 67.4 Å². The first-order chi connectivity index (χ1) is 21.4. The lowest BCUT2D eigenvalue weighted by molar-refractivity contribution is -0.143. The molecule has 0 aromatic carbocycles. The molecule has 13 heteroatoms. The number of likely N-dealkylation sites (tertiary alicyclic amines) is 1. The van der Waals surface area contributed by atoms with Crippen molar-refractivity contribution in [3.8, 4) is 0 Å². The molecule has 0 aromatic heterocycles. The first kappa shape index (κ1) is 38.5. The Morgan fingerprint density at radius 1 is 0.957 bits per heavy atom. The fourth-order valence-electron chi connectivity index (χ4n) is 5.66. The second-order valence-corrected chi connectivity index (χ2v) is 14.6. The zero-order valence-corrected chi connectivity index (χ0v) is 29.2. The van der Waals surface area contributed by atoms with Crippen LogP contribution < -0.4 is 21.3 Å². The van der Waals surface area contributed by atoms with Crippen LogP contribution in [0.5, 0.6) is 0 Å². The predicted octanol–water partition coefficient (Wildman–Crippen LogP) is 2.41. The lowest BCUT2D eigenvalue weighted by atomic mass is 9.85. The second kappa shape index (κ2) is 16.8. The van der Waals surface area contributed by atoms with E-state index >= 15 is 0 Å². The fourth-order valence-corrected chi connectivity index (χ4v) is 5.66. The molecule has 0 bridgehead atoms. The van der Waals surface area contributed by atoms with Gasteiger partial charge in [0.2, 0.25) is 17.6 Å². The molecule has 4 N–H and O–H groups in total. The van der Waals surface area contributed by atoms with Crippen molar-refractivity contribution in [2.75, 3.05) is 39.8 Å². The molecule has 2 aliphatic heterocycles. The molecule has 2 saturated heterocycles. The number of carbonyl (C=O) groups excluding carboxylic acids is 6. The number of unbranched alkanes of at least 4 members (excludes halogenated alkanes) is 1. The molecule has 13 nitrogen and oxygen atoms in total. The second-order valence-electron chi connectivity index (χ2n) is 14.6. The average Bonchev–Trinajstić information content (AvgIpc) is 3.47. The molecule has 0 aliphatic carbocycles. The summed E-state index contributed by atoms with van der Waals surface area (Å²) in [5.74, 6) is -2.44. The summed E-state index contributed by atoms with van der Waals surface area (Å²) in [5.41, 5.74) is -1.09. The van der Waals surface area contributed by atoms with Gasteiger partial charge in [-0.2, -0.15) is 0 Å². The molecule has 2 heterocycles. The van der Waals surface area contributed by atoms with Crippen molar-refractivity contribution in [1.82, 2.24) is 36.0 Å². The van der Waals surface area contributed by atoms with Gasteiger partial charge >= 0.3 is 12.1 Å². The van der Waals surface area contributed by atoms with Crippen LogP contribution in [-0.4, -0.2) is 114 Å². The highest BCUT2D eigenvalue weighted by Gasteiger charge is 2.43. The number of hydrogen-bond donors (Lipinski definition) is 4. The van der Waals surface area contributed by atoms with Crippen LogP contribution in [0.4, 0.5) is 9.59 Å². The van der Waals surface area contributed by atoms with E-state index in [9.17, 15) is 28.8 Å². The van der Waals surface area contributed by atoms with E-state index in [-0.39, 0.29) is 18.0 Å². The van der Waals surface area contributed by atoms with E-state index in [2.05, 4.69) is 27.8 Å². The van der Waals surface area contributed by atoms with Gasteiger partial charge in [0.1, 0.15) is 12.1 Å². The third-order valence-corrected chi connectivity index (χ3v) is 8.61. The van der Waals surface area contributed by atoms with Gasteiger partial charge in [0.15, 0.2) is 0 Å². The minimum atomic E-state index is -1.02. The maximum atomic E-state index is 14.0. The summed E-state index contributed by atoms with van der Waals surface area (Å²) in [6.45, 7) is 19.0.